The average molecular weight is 321 g/mol. The van der Waals surface area contributed by atoms with Gasteiger partial charge in [-0.15, -0.1) is 0 Å². The fraction of sp³-hybridized carbons (Fsp3) is 0.143. The van der Waals surface area contributed by atoms with Crippen molar-refractivity contribution in [2.24, 2.45) is 0 Å². The smallest absolute Gasteiger partial charge is 0.336 e. The molecule has 19 heavy (non-hydrogen) atoms. The summed E-state index contributed by atoms with van der Waals surface area (Å²) in [6, 6.07) is 10.9. The molecule has 5 heteroatoms. The number of carboxylic acids is 1. The second kappa shape index (κ2) is 5.84. The molecule has 0 fully saturated rings. The number of nitrogens with zero attached hydrogens (tertiary/aromatic N) is 1. The molecule has 1 aromatic carbocycles. The minimum absolute atomic E-state index is 0.0452. The summed E-state index contributed by atoms with van der Waals surface area (Å²) in [4.78, 5) is 15.2. The first-order valence-corrected chi connectivity index (χ1v) is 6.57. The van der Waals surface area contributed by atoms with Crippen molar-refractivity contribution in [3.8, 4) is 0 Å². The lowest BCUT2D eigenvalue weighted by atomic mass is 10.1. The highest BCUT2D eigenvalue weighted by Gasteiger charge is 2.10. The number of carboxylic acid groups (broad SMARTS) is 1. The Morgan fingerprint density at radius 2 is 2.16 bits per heavy atom. The van der Waals surface area contributed by atoms with Gasteiger partial charge in [-0.2, -0.15) is 0 Å². The number of hydrogen-bond donors (Lipinski definition) is 2. The zero-order valence-electron chi connectivity index (χ0n) is 10.3. The third-order valence-corrected chi connectivity index (χ3v) is 3.37. The predicted octanol–water partition coefficient (Wildman–Crippen LogP) is 3.72. The molecule has 0 amide bonds. The van der Waals surface area contributed by atoms with Gasteiger partial charge in [-0.3, -0.25) is 4.98 Å². The quantitative estimate of drug-likeness (QED) is 0.901. The van der Waals surface area contributed by atoms with E-state index < -0.39 is 5.97 Å². The lowest BCUT2D eigenvalue weighted by Gasteiger charge is -2.15. The summed E-state index contributed by atoms with van der Waals surface area (Å²) < 4.78 is 0.554. The molecule has 1 heterocycles. The van der Waals surface area contributed by atoms with E-state index in [1.807, 2.05) is 25.1 Å². The number of halogens is 1. The highest BCUT2D eigenvalue weighted by Crippen LogP contribution is 2.24. The number of aromatic carboxylic acids is 1. The van der Waals surface area contributed by atoms with Crippen LogP contribution in [0.25, 0.3) is 0 Å². The Balaban J connectivity index is 2.16. The minimum atomic E-state index is -0.948. The molecule has 1 atom stereocenters. The molecule has 2 rings (SSSR count). The Morgan fingerprint density at radius 3 is 2.74 bits per heavy atom. The van der Waals surface area contributed by atoms with Crippen LogP contribution in [0.2, 0.25) is 0 Å². The van der Waals surface area contributed by atoms with Gasteiger partial charge >= 0.3 is 5.97 Å². The standard InChI is InChI=1S/C14H13BrN2O2/c1-9(13-4-2-3-7-16-13)17-10-5-6-11(14(18)19)12(15)8-10/h2-9,17H,1H3,(H,18,19). The van der Waals surface area contributed by atoms with E-state index in [0.29, 0.717) is 4.47 Å². The van der Waals surface area contributed by atoms with Crippen LogP contribution in [0.3, 0.4) is 0 Å². The van der Waals surface area contributed by atoms with Crippen molar-refractivity contribution in [3.05, 3.63) is 58.3 Å². The molecule has 1 aromatic heterocycles. The van der Waals surface area contributed by atoms with Crippen LogP contribution in [0.5, 0.6) is 0 Å². The van der Waals surface area contributed by atoms with Crippen molar-refractivity contribution in [2.45, 2.75) is 13.0 Å². The molecule has 98 valence electrons. The molecule has 4 nitrogen and oxygen atoms in total. The number of anilines is 1. The van der Waals surface area contributed by atoms with E-state index >= 15 is 0 Å². The van der Waals surface area contributed by atoms with Gasteiger partial charge in [-0.1, -0.05) is 6.07 Å². The van der Waals surface area contributed by atoms with Crippen LogP contribution in [0, 0.1) is 0 Å². The number of hydrogen-bond acceptors (Lipinski definition) is 3. The Morgan fingerprint density at radius 1 is 1.37 bits per heavy atom. The molecule has 2 aromatic rings. The van der Waals surface area contributed by atoms with Crippen LogP contribution in [-0.2, 0) is 0 Å². The zero-order valence-corrected chi connectivity index (χ0v) is 11.9. The molecular formula is C14H13BrN2O2. The first-order valence-electron chi connectivity index (χ1n) is 5.78. The van der Waals surface area contributed by atoms with Gasteiger partial charge in [0.2, 0.25) is 0 Å². The summed E-state index contributed by atoms with van der Waals surface area (Å²) in [5.41, 5.74) is 2.02. The highest BCUT2D eigenvalue weighted by atomic mass is 79.9. The Kier molecular flexibility index (Phi) is 4.16. The maximum atomic E-state index is 10.9. The van der Waals surface area contributed by atoms with E-state index in [-0.39, 0.29) is 11.6 Å². The molecule has 0 aliphatic heterocycles. The van der Waals surface area contributed by atoms with Gasteiger partial charge in [0.05, 0.1) is 17.3 Å². The van der Waals surface area contributed by atoms with E-state index in [2.05, 4.69) is 26.2 Å². The second-order valence-corrected chi connectivity index (χ2v) is 4.97. The monoisotopic (exact) mass is 320 g/mol. The van der Waals surface area contributed by atoms with Crippen LogP contribution in [-0.4, -0.2) is 16.1 Å². The first kappa shape index (κ1) is 13.5. The summed E-state index contributed by atoms with van der Waals surface area (Å²) in [5.74, 6) is -0.948. The van der Waals surface area contributed by atoms with Gasteiger partial charge in [0.1, 0.15) is 0 Å². The van der Waals surface area contributed by atoms with Crippen LogP contribution >= 0.6 is 15.9 Å². The Hall–Kier alpha value is -1.88. The molecule has 1 unspecified atom stereocenters. The number of rotatable bonds is 4. The molecule has 2 N–H and O–H groups in total. The Labute approximate surface area is 119 Å². The zero-order chi connectivity index (χ0) is 13.8. The van der Waals surface area contributed by atoms with E-state index in [0.717, 1.165) is 11.4 Å². The predicted molar refractivity (Wildman–Crippen MR) is 77.4 cm³/mol. The second-order valence-electron chi connectivity index (χ2n) is 4.12. The van der Waals surface area contributed by atoms with Gasteiger partial charge in [-0.05, 0) is 53.2 Å². The highest BCUT2D eigenvalue weighted by molar-refractivity contribution is 9.10. The molecule has 0 aliphatic rings. The third kappa shape index (κ3) is 3.32. The van der Waals surface area contributed by atoms with Gasteiger partial charge in [0.25, 0.3) is 0 Å². The van der Waals surface area contributed by atoms with Crippen molar-refractivity contribution in [3.63, 3.8) is 0 Å². The van der Waals surface area contributed by atoms with Crippen LogP contribution in [0.15, 0.2) is 47.1 Å². The summed E-state index contributed by atoms with van der Waals surface area (Å²) in [5, 5.41) is 12.2. The van der Waals surface area contributed by atoms with Gasteiger partial charge in [0, 0.05) is 16.4 Å². The Bertz CT molecular complexity index is 587. The normalized spacial score (nSPS) is 11.9. The van der Waals surface area contributed by atoms with Crippen molar-refractivity contribution < 1.29 is 9.90 Å². The van der Waals surface area contributed by atoms with Crippen LogP contribution in [0.4, 0.5) is 5.69 Å². The number of nitrogens with one attached hydrogen (secondary N) is 1. The van der Waals surface area contributed by atoms with E-state index in [1.165, 1.54) is 0 Å². The largest absolute Gasteiger partial charge is 0.478 e. The maximum Gasteiger partial charge on any atom is 0.336 e. The van der Waals surface area contributed by atoms with Gasteiger partial charge in [-0.25, -0.2) is 4.79 Å². The summed E-state index contributed by atoms with van der Waals surface area (Å²) >= 11 is 3.26. The minimum Gasteiger partial charge on any atom is -0.478 e. The lowest BCUT2D eigenvalue weighted by molar-refractivity contribution is 0.0696. The number of carbonyl (C=O) groups is 1. The molecule has 0 saturated carbocycles. The topological polar surface area (TPSA) is 62.2 Å². The van der Waals surface area contributed by atoms with Crippen molar-refractivity contribution in [1.29, 1.82) is 0 Å². The molecule has 0 bridgehead atoms. The summed E-state index contributed by atoms with van der Waals surface area (Å²) in [6.07, 6.45) is 1.75. The average Bonchev–Trinajstić information content (AvgIpc) is 2.39. The van der Waals surface area contributed by atoms with E-state index in [4.69, 9.17) is 5.11 Å². The number of pyridine rings is 1. The van der Waals surface area contributed by atoms with E-state index in [1.54, 1.807) is 24.4 Å². The number of aromatic nitrogens is 1. The van der Waals surface area contributed by atoms with Crippen molar-refractivity contribution in [2.75, 3.05) is 5.32 Å². The van der Waals surface area contributed by atoms with Crippen molar-refractivity contribution in [1.82, 2.24) is 4.98 Å². The fourth-order valence-corrected chi connectivity index (χ4v) is 2.28. The van der Waals surface area contributed by atoms with Crippen LogP contribution in [0.1, 0.15) is 29.0 Å². The number of benzene rings is 1. The lowest BCUT2D eigenvalue weighted by Crippen LogP contribution is -2.08. The SMILES string of the molecule is CC(Nc1ccc(C(=O)O)c(Br)c1)c1ccccn1. The van der Waals surface area contributed by atoms with Crippen molar-refractivity contribution >= 4 is 27.6 Å². The molecule has 0 radical (unpaired) electrons. The van der Waals surface area contributed by atoms with Gasteiger partial charge < -0.3 is 10.4 Å². The third-order valence-electron chi connectivity index (χ3n) is 2.71. The molecule has 0 spiro atoms. The summed E-state index contributed by atoms with van der Waals surface area (Å²) in [6.45, 7) is 2.00. The first-order chi connectivity index (χ1) is 9.08. The van der Waals surface area contributed by atoms with Gasteiger partial charge in [0.15, 0.2) is 0 Å². The fourth-order valence-electron chi connectivity index (χ4n) is 1.73. The molecule has 0 aliphatic carbocycles. The molecular weight excluding hydrogens is 308 g/mol. The summed E-state index contributed by atoms with van der Waals surface area (Å²) in [7, 11) is 0. The molecule has 0 saturated heterocycles. The maximum absolute atomic E-state index is 10.9. The van der Waals surface area contributed by atoms with E-state index in [9.17, 15) is 4.79 Å². The van der Waals surface area contributed by atoms with Crippen LogP contribution < -0.4 is 5.32 Å².